The monoisotopic (exact) mass is 499 g/mol. The number of hydrogen-bond donors (Lipinski definition) is 1. The predicted molar refractivity (Wildman–Crippen MR) is 137 cm³/mol. The Bertz CT molecular complexity index is 1280. The third-order valence-corrected chi connectivity index (χ3v) is 8.82. The van der Waals surface area contributed by atoms with Gasteiger partial charge in [-0.2, -0.15) is 0 Å². The minimum absolute atomic E-state index is 0.0825. The molecule has 34 heavy (non-hydrogen) atoms. The number of carbonyl (C=O) groups is 1. The number of rotatable bonds is 7. The predicted octanol–water partition coefficient (Wildman–Crippen LogP) is 5.20. The molecule has 1 aromatic carbocycles. The van der Waals surface area contributed by atoms with Gasteiger partial charge in [-0.05, 0) is 56.2 Å². The van der Waals surface area contributed by atoms with E-state index < -0.39 is 0 Å². The number of nitrogens with zero attached hydrogens (tertiary/aromatic N) is 2. The normalized spacial score (nSPS) is 15.9. The third kappa shape index (κ3) is 4.43. The maximum absolute atomic E-state index is 13.7. The molecule has 7 nitrogen and oxygen atoms in total. The average Bonchev–Trinajstić information content (AvgIpc) is 3.50. The van der Waals surface area contributed by atoms with Crippen LogP contribution in [0.3, 0.4) is 0 Å². The van der Waals surface area contributed by atoms with Crippen molar-refractivity contribution < 1.29 is 14.3 Å². The Morgan fingerprint density at radius 3 is 2.68 bits per heavy atom. The Hall–Kier alpha value is -2.52. The summed E-state index contributed by atoms with van der Waals surface area (Å²) in [6.07, 6.45) is 8.55. The Balaban J connectivity index is 1.41. The highest BCUT2D eigenvalue weighted by atomic mass is 32.2. The Kier molecular flexibility index (Phi) is 6.83. The highest BCUT2D eigenvalue weighted by molar-refractivity contribution is 7.99. The lowest BCUT2D eigenvalue weighted by molar-refractivity contribution is -0.113. The molecule has 1 saturated carbocycles. The standard InChI is InChI=1S/C25H29N3O4S2/c1-31-18-12-11-15(13-19(18)32-2)26-21(29)14-33-25-27-23-22(17-9-5-6-10-20(17)34-23)24(30)28(25)16-7-3-4-8-16/h11-13,16H,3-10,14H2,1-2H3,(H,26,29). The molecular formula is C25H29N3O4S2. The van der Waals surface area contributed by atoms with Gasteiger partial charge < -0.3 is 14.8 Å². The number of thioether (sulfide) groups is 1. The van der Waals surface area contributed by atoms with Crippen molar-refractivity contribution in [3.63, 3.8) is 0 Å². The van der Waals surface area contributed by atoms with Crippen molar-refractivity contribution in [3.05, 3.63) is 39.0 Å². The van der Waals surface area contributed by atoms with E-state index in [1.54, 1.807) is 43.8 Å². The first-order valence-corrected chi connectivity index (χ1v) is 13.6. The number of benzene rings is 1. The van der Waals surface area contributed by atoms with E-state index in [4.69, 9.17) is 14.5 Å². The third-order valence-electron chi connectivity index (χ3n) is 6.68. The second-order valence-electron chi connectivity index (χ2n) is 8.81. The lowest BCUT2D eigenvalue weighted by Crippen LogP contribution is -2.27. The number of hydrogen-bond acceptors (Lipinski definition) is 7. The fourth-order valence-corrected chi connectivity index (χ4v) is 7.20. The van der Waals surface area contributed by atoms with E-state index in [0.717, 1.165) is 55.2 Å². The number of fused-ring (bicyclic) bond motifs is 3. The van der Waals surface area contributed by atoms with Crippen LogP contribution >= 0.6 is 23.1 Å². The van der Waals surface area contributed by atoms with E-state index in [0.29, 0.717) is 22.3 Å². The van der Waals surface area contributed by atoms with Crippen LogP contribution in [0.5, 0.6) is 11.5 Å². The van der Waals surface area contributed by atoms with Gasteiger partial charge in [0.1, 0.15) is 4.83 Å². The van der Waals surface area contributed by atoms with E-state index in [-0.39, 0.29) is 23.3 Å². The largest absolute Gasteiger partial charge is 0.493 e. The van der Waals surface area contributed by atoms with Crippen LogP contribution in [0.15, 0.2) is 28.2 Å². The number of methoxy groups -OCH3 is 2. The van der Waals surface area contributed by atoms with Crippen LogP contribution in [0.1, 0.15) is 55.0 Å². The molecule has 9 heteroatoms. The smallest absolute Gasteiger partial charge is 0.263 e. The maximum Gasteiger partial charge on any atom is 0.263 e. The van der Waals surface area contributed by atoms with Crippen molar-refractivity contribution in [2.45, 2.75) is 62.6 Å². The molecule has 0 atom stereocenters. The van der Waals surface area contributed by atoms with Crippen molar-refractivity contribution in [3.8, 4) is 11.5 Å². The molecule has 0 spiro atoms. The molecular weight excluding hydrogens is 470 g/mol. The highest BCUT2D eigenvalue weighted by Gasteiger charge is 2.27. The fraction of sp³-hybridized carbons (Fsp3) is 0.480. The van der Waals surface area contributed by atoms with Crippen molar-refractivity contribution in [1.29, 1.82) is 0 Å². The molecule has 2 aromatic heterocycles. The lowest BCUT2D eigenvalue weighted by Gasteiger charge is -2.18. The van der Waals surface area contributed by atoms with Crippen molar-refractivity contribution >= 4 is 44.9 Å². The van der Waals surface area contributed by atoms with E-state index in [9.17, 15) is 9.59 Å². The van der Waals surface area contributed by atoms with Crippen molar-refractivity contribution in [1.82, 2.24) is 9.55 Å². The minimum atomic E-state index is -0.157. The summed E-state index contributed by atoms with van der Waals surface area (Å²) < 4.78 is 12.5. The van der Waals surface area contributed by atoms with Crippen LogP contribution < -0.4 is 20.3 Å². The number of aromatic nitrogens is 2. The van der Waals surface area contributed by atoms with Gasteiger partial charge >= 0.3 is 0 Å². The lowest BCUT2D eigenvalue weighted by atomic mass is 9.97. The Morgan fingerprint density at radius 1 is 1.15 bits per heavy atom. The summed E-state index contributed by atoms with van der Waals surface area (Å²) in [7, 11) is 3.14. The molecule has 180 valence electrons. The molecule has 5 rings (SSSR count). The van der Waals surface area contributed by atoms with Gasteiger partial charge in [0.25, 0.3) is 5.56 Å². The first kappa shape index (κ1) is 23.2. The molecule has 0 saturated heterocycles. The zero-order valence-corrected chi connectivity index (χ0v) is 21.2. The summed E-state index contributed by atoms with van der Waals surface area (Å²) in [5.74, 6) is 1.17. The van der Waals surface area contributed by atoms with Crippen LogP contribution in [-0.2, 0) is 17.6 Å². The maximum atomic E-state index is 13.7. The number of aryl methyl sites for hydroxylation is 2. The molecule has 1 N–H and O–H groups in total. The van der Waals surface area contributed by atoms with E-state index in [1.165, 1.54) is 28.6 Å². The number of amides is 1. The summed E-state index contributed by atoms with van der Waals surface area (Å²) in [6.45, 7) is 0. The second-order valence-corrected chi connectivity index (χ2v) is 10.8. The Labute approximate surface area is 206 Å². The quantitative estimate of drug-likeness (QED) is 0.355. The first-order chi connectivity index (χ1) is 16.6. The van der Waals surface area contributed by atoms with E-state index in [2.05, 4.69) is 5.32 Å². The van der Waals surface area contributed by atoms with Gasteiger partial charge in [0.2, 0.25) is 5.91 Å². The topological polar surface area (TPSA) is 82.5 Å². The summed E-state index contributed by atoms with van der Waals surface area (Å²) in [4.78, 5) is 33.6. The van der Waals surface area contributed by atoms with E-state index >= 15 is 0 Å². The fourth-order valence-electron chi connectivity index (χ4n) is 5.03. The zero-order chi connectivity index (χ0) is 23.7. The SMILES string of the molecule is COc1ccc(NC(=O)CSc2nc3sc4c(c3c(=O)n2C2CCCC2)CCCC4)cc1OC. The Morgan fingerprint density at radius 2 is 1.91 bits per heavy atom. The molecule has 0 bridgehead atoms. The van der Waals surface area contributed by atoms with Crippen LogP contribution in [0.2, 0.25) is 0 Å². The van der Waals surface area contributed by atoms with Gasteiger partial charge in [-0.1, -0.05) is 24.6 Å². The van der Waals surface area contributed by atoms with Crippen LogP contribution in [-0.4, -0.2) is 35.4 Å². The average molecular weight is 500 g/mol. The summed E-state index contributed by atoms with van der Waals surface area (Å²) in [6, 6.07) is 5.43. The molecule has 1 fully saturated rings. The van der Waals surface area contributed by atoms with Crippen molar-refractivity contribution in [2.24, 2.45) is 0 Å². The number of ether oxygens (including phenoxy) is 2. The van der Waals surface area contributed by atoms with E-state index in [1.807, 2.05) is 4.57 Å². The molecule has 3 aromatic rings. The van der Waals surface area contributed by atoms with Crippen LogP contribution in [0.25, 0.3) is 10.2 Å². The summed E-state index contributed by atoms with van der Waals surface area (Å²) in [5.41, 5.74) is 1.93. The summed E-state index contributed by atoms with van der Waals surface area (Å²) in [5, 5.41) is 4.39. The molecule has 2 aliphatic carbocycles. The van der Waals surface area contributed by atoms with Crippen LogP contribution in [0, 0.1) is 0 Å². The second kappa shape index (κ2) is 10.00. The van der Waals surface area contributed by atoms with Gasteiger partial charge in [0.05, 0.1) is 25.4 Å². The minimum Gasteiger partial charge on any atom is -0.493 e. The summed E-state index contributed by atoms with van der Waals surface area (Å²) >= 11 is 3.00. The van der Waals surface area contributed by atoms with Crippen LogP contribution in [0.4, 0.5) is 5.69 Å². The first-order valence-electron chi connectivity index (χ1n) is 11.8. The van der Waals surface area contributed by atoms with Crippen molar-refractivity contribution in [2.75, 3.05) is 25.3 Å². The highest BCUT2D eigenvalue weighted by Crippen LogP contribution is 2.37. The zero-order valence-electron chi connectivity index (χ0n) is 19.5. The number of carbonyl (C=O) groups excluding carboxylic acids is 1. The molecule has 0 aliphatic heterocycles. The van der Waals surface area contributed by atoms with Gasteiger partial charge in [-0.25, -0.2) is 4.98 Å². The number of nitrogens with one attached hydrogen (secondary N) is 1. The van der Waals surface area contributed by atoms with Gasteiger partial charge in [-0.15, -0.1) is 11.3 Å². The number of anilines is 1. The molecule has 2 heterocycles. The van der Waals surface area contributed by atoms with Gasteiger partial charge in [0.15, 0.2) is 16.7 Å². The van der Waals surface area contributed by atoms with Gasteiger partial charge in [-0.3, -0.25) is 14.2 Å². The molecule has 0 unspecified atom stereocenters. The molecule has 2 aliphatic rings. The molecule has 0 radical (unpaired) electrons. The molecule has 1 amide bonds. The van der Waals surface area contributed by atoms with Gasteiger partial charge in [0, 0.05) is 22.7 Å². The number of thiophene rings is 1.